The van der Waals surface area contributed by atoms with Crippen molar-refractivity contribution >= 4 is 17.5 Å². The summed E-state index contributed by atoms with van der Waals surface area (Å²) in [6.45, 7) is 4.85. The Labute approximate surface area is 174 Å². The lowest BCUT2D eigenvalue weighted by atomic mass is 9.93. The SMILES string of the molecule is Cc1c(C(=O)N2CCN(C)CC2)oc2c1/C(=N/NC(=O)c1ccccc1F)CCC2. The molecule has 1 aromatic heterocycles. The highest BCUT2D eigenvalue weighted by atomic mass is 19.1. The van der Waals surface area contributed by atoms with Gasteiger partial charge in [-0.2, -0.15) is 5.10 Å². The average molecular weight is 412 g/mol. The molecule has 1 saturated heterocycles. The van der Waals surface area contributed by atoms with Crippen molar-refractivity contribution < 1.29 is 18.4 Å². The van der Waals surface area contributed by atoms with Crippen LogP contribution < -0.4 is 5.43 Å². The van der Waals surface area contributed by atoms with Crippen molar-refractivity contribution in [2.45, 2.75) is 26.2 Å². The van der Waals surface area contributed by atoms with Crippen molar-refractivity contribution in [2.24, 2.45) is 5.10 Å². The number of amides is 2. The van der Waals surface area contributed by atoms with E-state index in [0.717, 1.165) is 36.4 Å². The first-order valence-corrected chi connectivity index (χ1v) is 10.2. The zero-order chi connectivity index (χ0) is 21.3. The van der Waals surface area contributed by atoms with E-state index >= 15 is 0 Å². The lowest BCUT2D eigenvalue weighted by molar-refractivity contribution is 0.0629. The predicted molar refractivity (Wildman–Crippen MR) is 110 cm³/mol. The number of fused-ring (bicyclic) bond motifs is 1. The maximum Gasteiger partial charge on any atom is 0.289 e. The Morgan fingerprint density at radius 2 is 1.87 bits per heavy atom. The van der Waals surface area contributed by atoms with Gasteiger partial charge in [0.25, 0.3) is 11.8 Å². The molecule has 8 heteroatoms. The summed E-state index contributed by atoms with van der Waals surface area (Å²) >= 11 is 0. The zero-order valence-corrected chi connectivity index (χ0v) is 17.2. The fourth-order valence-corrected chi connectivity index (χ4v) is 3.96. The van der Waals surface area contributed by atoms with Crippen molar-refractivity contribution in [1.82, 2.24) is 15.2 Å². The Bertz CT molecular complexity index is 1010. The van der Waals surface area contributed by atoms with Gasteiger partial charge in [0.1, 0.15) is 11.6 Å². The zero-order valence-electron chi connectivity index (χ0n) is 17.2. The highest BCUT2D eigenvalue weighted by molar-refractivity contribution is 6.07. The number of piperazine rings is 1. The Kier molecular flexibility index (Phi) is 5.67. The number of nitrogens with zero attached hydrogens (tertiary/aromatic N) is 3. The monoisotopic (exact) mass is 412 g/mol. The topological polar surface area (TPSA) is 78.2 Å². The van der Waals surface area contributed by atoms with Crippen LogP contribution in [0.25, 0.3) is 0 Å². The normalized spacial score (nSPS) is 18.4. The molecular weight excluding hydrogens is 387 g/mol. The molecule has 1 aliphatic carbocycles. The van der Waals surface area contributed by atoms with Crippen LogP contribution in [0.1, 0.15) is 50.6 Å². The van der Waals surface area contributed by atoms with E-state index in [9.17, 15) is 14.0 Å². The van der Waals surface area contributed by atoms with Gasteiger partial charge in [0.05, 0.1) is 11.3 Å². The van der Waals surface area contributed by atoms with Crippen molar-refractivity contribution in [2.75, 3.05) is 33.2 Å². The van der Waals surface area contributed by atoms with Crippen LogP contribution in [0.4, 0.5) is 4.39 Å². The molecule has 1 fully saturated rings. The Morgan fingerprint density at radius 3 is 2.60 bits per heavy atom. The number of hydrogen-bond donors (Lipinski definition) is 1. The van der Waals surface area contributed by atoms with Gasteiger partial charge in [-0.15, -0.1) is 0 Å². The molecule has 1 aromatic carbocycles. The van der Waals surface area contributed by atoms with Crippen LogP contribution in [-0.2, 0) is 6.42 Å². The summed E-state index contributed by atoms with van der Waals surface area (Å²) in [6, 6.07) is 5.77. The molecule has 2 aliphatic rings. The molecule has 0 atom stereocenters. The molecule has 2 amide bonds. The van der Waals surface area contributed by atoms with E-state index in [2.05, 4.69) is 15.4 Å². The van der Waals surface area contributed by atoms with E-state index in [1.807, 2.05) is 18.9 Å². The molecule has 0 radical (unpaired) electrons. The van der Waals surface area contributed by atoms with E-state index in [1.165, 1.54) is 18.2 Å². The van der Waals surface area contributed by atoms with Gasteiger partial charge in [0.15, 0.2) is 5.76 Å². The Hall–Kier alpha value is -3.00. The minimum Gasteiger partial charge on any atom is -0.455 e. The van der Waals surface area contributed by atoms with E-state index in [0.29, 0.717) is 37.4 Å². The number of nitrogens with one attached hydrogen (secondary N) is 1. The Morgan fingerprint density at radius 1 is 1.13 bits per heavy atom. The van der Waals surface area contributed by atoms with Gasteiger partial charge in [-0.3, -0.25) is 9.59 Å². The van der Waals surface area contributed by atoms with E-state index < -0.39 is 11.7 Å². The number of furan rings is 1. The number of rotatable bonds is 3. The highest BCUT2D eigenvalue weighted by Crippen LogP contribution is 2.30. The van der Waals surface area contributed by atoms with Crippen LogP contribution in [0.15, 0.2) is 33.8 Å². The van der Waals surface area contributed by atoms with Gasteiger partial charge < -0.3 is 14.2 Å². The molecule has 4 rings (SSSR count). The molecule has 0 saturated carbocycles. The molecule has 2 aromatic rings. The minimum absolute atomic E-state index is 0.0623. The number of carbonyl (C=O) groups excluding carboxylic acids is 2. The van der Waals surface area contributed by atoms with E-state index in [4.69, 9.17) is 4.42 Å². The van der Waals surface area contributed by atoms with Crippen molar-refractivity contribution in [3.8, 4) is 0 Å². The van der Waals surface area contributed by atoms with Gasteiger partial charge in [-0.05, 0) is 38.9 Å². The molecule has 158 valence electrons. The third-order valence-electron chi connectivity index (χ3n) is 5.72. The third kappa shape index (κ3) is 3.87. The number of benzene rings is 1. The van der Waals surface area contributed by atoms with Crippen molar-refractivity contribution in [1.29, 1.82) is 0 Å². The van der Waals surface area contributed by atoms with Gasteiger partial charge in [0.2, 0.25) is 0 Å². The van der Waals surface area contributed by atoms with Crippen LogP contribution in [0.5, 0.6) is 0 Å². The summed E-state index contributed by atoms with van der Waals surface area (Å²) in [5.74, 6) is -0.249. The summed E-state index contributed by atoms with van der Waals surface area (Å²) in [5.41, 5.74) is 4.57. The van der Waals surface area contributed by atoms with E-state index in [-0.39, 0.29) is 11.5 Å². The molecule has 1 aliphatic heterocycles. The fraction of sp³-hybridized carbons (Fsp3) is 0.409. The highest BCUT2D eigenvalue weighted by Gasteiger charge is 2.31. The number of likely N-dealkylation sites (N-methyl/N-ethyl adjacent to an activating group) is 1. The minimum atomic E-state index is -0.609. The van der Waals surface area contributed by atoms with Crippen LogP contribution in [0.3, 0.4) is 0 Å². The summed E-state index contributed by atoms with van der Waals surface area (Å²) in [4.78, 5) is 29.3. The first-order chi connectivity index (χ1) is 14.5. The van der Waals surface area contributed by atoms with Crippen LogP contribution >= 0.6 is 0 Å². The summed E-state index contributed by atoms with van der Waals surface area (Å²) in [5, 5.41) is 4.26. The molecule has 30 heavy (non-hydrogen) atoms. The molecular formula is C22H25FN4O3. The van der Waals surface area contributed by atoms with Gasteiger partial charge in [-0.25, -0.2) is 9.82 Å². The van der Waals surface area contributed by atoms with Crippen LogP contribution in [-0.4, -0.2) is 60.6 Å². The lowest BCUT2D eigenvalue weighted by Gasteiger charge is -2.31. The molecule has 1 N–H and O–H groups in total. The van der Waals surface area contributed by atoms with Crippen LogP contribution in [0, 0.1) is 12.7 Å². The standard InChI is InChI=1S/C22H25FN4O3/c1-14-19-17(24-25-21(28)15-6-3-4-7-16(15)23)8-5-9-18(19)30-20(14)22(29)27-12-10-26(2)11-13-27/h3-4,6-7H,5,8-13H2,1-2H3,(H,25,28)/b24-17+. The van der Waals surface area contributed by atoms with Gasteiger partial charge >= 0.3 is 0 Å². The average Bonchev–Trinajstić information content (AvgIpc) is 3.09. The quantitative estimate of drug-likeness (QED) is 0.786. The smallest absolute Gasteiger partial charge is 0.289 e. The second-order valence-electron chi connectivity index (χ2n) is 7.78. The maximum atomic E-state index is 13.8. The molecule has 7 nitrogen and oxygen atoms in total. The fourth-order valence-electron chi connectivity index (χ4n) is 3.96. The number of hydrazone groups is 1. The van der Waals surface area contributed by atoms with Gasteiger partial charge in [0, 0.05) is 43.7 Å². The summed E-state index contributed by atoms with van der Waals surface area (Å²) < 4.78 is 19.8. The maximum absolute atomic E-state index is 13.8. The number of halogens is 1. The third-order valence-corrected chi connectivity index (χ3v) is 5.72. The second kappa shape index (κ2) is 8.39. The largest absolute Gasteiger partial charge is 0.455 e. The second-order valence-corrected chi connectivity index (χ2v) is 7.78. The first kappa shape index (κ1) is 20.3. The number of carbonyl (C=O) groups is 2. The number of hydrogen-bond acceptors (Lipinski definition) is 5. The van der Waals surface area contributed by atoms with Crippen molar-refractivity contribution in [3.05, 3.63) is 58.3 Å². The summed E-state index contributed by atoms with van der Waals surface area (Å²) in [6.07, 6.45) is 2.16. The summed E-state index contributed by atoms with van der Waals surface area (Å²) in [7, 11) is 2.04. The molecule has 0 spiro atoms. The van der Waals surface area contributed by atoms with Crippen molar-refractivity contribution in [3.63, 3.8) is 0 Å². The molecule has 0 unspecified atom stereocenters. The predicted octanol–water partition coefficient (Wildman–Crippen LogP) is 2.59. The first-order valence-electron chi connectivity index (χ1n) is 10.2. The molecule has 0 bridgehead atoms. The lowest BCUT2D eigenvalue weighted by Crippen LogP contribution is -2.47. The molecule has 2 heterocycles. The van der Waals surface area contributed by atoms with Crippen LogP contribution in [0.2, 0.25) is 0 Å². The Balaban J connectivity index is 1.57. The van der Waals surface area contributed by atoms with Gasteiger partial charge in [-0.1, -0.05) is 12.1 Å². The van der Waals surface area contributed by atoms with E-state index in [1.54, 1.807) is 6.07 Å². The number of aryl methyl sites for hydroxylation is 1.